The SMILES string of the molecule is COc1cc(COC(=O)C2C3C=CC(O3)C2C(=O)OCCN=C(NOC(=O)C(C)(C)C)NOC(=O)C(C)(C)C)cc(OC)c1. The van der Waals surface area contributed by atoms with E-state index in [0.29, 0.717) is 17.1 Å². The standard InChI is InChI=1S/C30H41N3O11/c1-29(2,3)26(36)43-32-28(33-44-27(37)30(4,5)6)31-11-12-40-24(34)22-20-9-10-21(42-20)23(22)25(35)41-16-17-13-18(38-7)15-19(14-17)39-8/h9-10,13-15,20-23H,11-12,16H2,1-8H3,(H2,31,32,33). The van der Waals surface area contributed by atoms with Crippen molar-refractivity contribution >= 4 is 29.8 Å². The molecule has 2 aliphatic rings. The summed E-state index contributed by atoms with van der Waals surface area (Å²) in [5.41, 5.74) is 3.67. The van der Waals surface area contributed by atoms with Gasteiger partial charge in [-0.05, 0) is 59.2 Å². The molecule has 1 fully saturated rings. The van der Waals surface area contributed by atoms with Crippen molar-refractivity contribution in [3.05, 3.63) is 35.9 Å². The average molecular weight is 620 g/mol. The van der Waals surface area contributed by atoms with Crippen LogP contribution in [0, 0.1) is 22.7 Å². The third-order valence-corrected chi connectivity index (χ3v) is 6.55. The Bertz CT molecular complexity index is 1230. The summed E-state index contributed by atoms with van der Waals surface area (Å²) in [4.78, 5) is 64.7. The van der Waals surface area contributed by atoms with Gasteiger partial charge in [0.2, 0.25) is 0 Å². The fraction of sp³-hybridized carbons (Fsp3) is 0.567. The van der Waals surface area contributed by atoms with Crippen molar-refractivity contribution < 1.29 is 52.5 Å². The minimum Gasteiger partial charge on any atom is -0.497 e. The minimum absolute atomic E-state index is 0.0666. The number of hydrogen-bond acceptors (Lipinski definition) is 12. The summed E-state index contributed by atoms with van der Waals surface area (Å²) >= 11 is 0. The zero-order chi connectivity index (χ0) is 32.7. The highest BCUT2D eigenvalue weighted by Gasteiger charge is 2.54. The molecule has 1 aromatic carbocycles. The van der Waals surface area contributed by atoms with Gasteiger partial charge in [-0.1, -0.05) is 12.2 Å². The van der Waals surface area contributed by atoms with E-state index < -0.39 is 58.8 Å². The van der Waals surface area contributed by atoms with Crippen molar-refractivity contribution in [3.8, 4) is 11.5 Å². The first-order valence-electron chi connectivity index (χ1n) is 14.0. The summed E-state index contributed by atoms with van der Waals surface area (Å²) in [6, 6.07) is 5.12. The number of carbonyl (C=O) groups excluding carboxylic acids is 4. The van der Waals surface area contributed by atoms with Crippen molar-refractivity contribution in [2.75, 3.05) is 27.4 Å². The van der Waals surface area contributed by atoms with Crippen LogP contribution in [-0.2, 0) is 49.7 Å². The normalized spacial score (nSPS) is 20.3. The molecule has 2 bridgehead atoms. The molecule has 0 saturated carbocycles. The van der Waals surface area contributed by atoms with Crippen LogP contribution in [0.1, 0.15) is 47.1 Å². The molecule has 4 unspecified atom stereocenters. The van der Waals surface area contributed by atoms with Gasteiger partial charge >= 0.3 is 23.9 Å². The summed E-state index contributed by atoms with van der Waals surface area (Å²) in [7, 11) is 3.03. The number of esters is 2. The lowest BCUT2D eigenvalue weighted by molar-refractivity contribution is -0.160. The topological polar surface area (TPSA) is 169 Å². The molecule has 3 rings (SSSR count). The maximum Gasteiger partial charge on any atom is 0.337 e. The van der Waals surface area contributed by atoms with Gasteiger partial charge in [0, 0.05) is 6.07 Å². The Balaban J connectivity index is 1.60. The summed E-state index contributed by atoms with van der Waals surface area (Å²) < 4.78 is 27.3. The highest BCUT2D eigenvalue weighted by Crippen LogP contribution is 2.40. The first-order chi connectivity index (χ1) is 20.6. The lowest BCUT2D eigenvalue weighted by atomic mass is 9.83. The number of nitrogens with one attached hydrogen (secondary N) is 2. The molecule has 0 spiro atoms. The number of hydroxylamine groups is 2. The third-order valence-electron chi connectivity index (χ3n) is 6.55. The molecular weight excluding hydrogens is 578 g/mol. The predicted octanol–water partition coefficient (Wildman–Crippen LogP) is 2.40. The van der Waals surface area contributed by atoms with Gasteiger partial charge in [-0.15, -0.1) is 0 Å². The van der Waals surface area contributed by atoms with Gasteiger partial charge in [0.15, 0.2) is 0 Å². The van der Waals surface area contributed by atoms with E-state index in [1.807, 2.05) is 0 Å². The zero-order valence-electron chi connectivity index (χ0n) is 26.3. The van der Waals surface area contributed by atoms with Gasteiger partial charge in [-0.25, -0.2) is 14.6 Å². The van der Waals surface area contributed by atoms with Gasteiger partial charge in [0.1, 0.15) is 36.5 Å². The van der Waals surface area contributed by atoms with Crippen LogP contribution in [0.3, 0.4) is 0 Å². The smallest absolute Gasteiger partial charge is 0.337 e. The van der Waals surface area contributed by atoms with Crippen molar-refractivity contribution in [1.82, 2.24) is 11.0 Å². The fourth-order valence-corrected chi connectivity index (χ4v) is 4.05. The van der Waals surface area contributed by atoms with Crippen LogP contribution >= 0.6 is 0 Å². The molecule has 2 aliphatic heterocycles. The number of hydrogen-bond donors (Lipinski definition) is 2. The van der Waals surface area contributed by atoms with Crippen molar-refractivity contribution in [3.63, 3.8) is 0 Å². The first kappa shape index (κ1) is 34.2. The Hall–Kier alpha value is -4.33. The van der Waals surface area contributed by atoms with Crippen LogP contribution in [0.15, 0.2) is 35.3 Å². The fourth-order valence-electron chi connectivity index (χ4n) is 4.05. The van der Waals surface area contributed by atoms with E-state index in [0.717, 1.165) is 0 Å². The number of nitrogens with zero attached hydrogens (tertiary/aromatic N) is 1. The Kier molecular flexibility index (Phi) is 11.2. The Labute approximate surface area is 256 Å². The predicted molar refractivity (Wildman–Crippen MR) is 155 cm³/mol. The molecule has 0 amide bonds. The number of carbonyl (C=O) groups is 4. The second kappa shape index (κ2) is 14.4. The maximum atomic E-state index is 13.1. The molecular formula is C30H41N3O11. The third kappa shape index (κ3) is 9.09. The van der Waals surface area contributed by atoms with Crippen LogP contribution in [0.2, 0.25) is 0 Å². The van der Waals surface area contributed by atoms with Crippen LogP contribution in [0.4, 0.5) is 0 Å². The number of ether oxygens (including phenoxy) is 5. The van der Waals surface area contributed by atoms with E-state index in [1.165, 1.54) is 14.2 Å². The summed E-state index contributed by atoms with van der Waals surface area (Å²) in [6.45, 7) is 9.59. The number of guanidine groups is 1. The number of rotatable bonds is 9. The maximum absolute atomic E-state index is 13.1. The molecule has 14 nitrogen and oxygen atoms in total. The molecule has 0 aliphatic carbocycles. The molecule has 14 heteroatoms. The Morgan fingerprint density at radius 1 is 0.773 bits per heavy atom. The molecule has 44 heavy (non-hydrogen) atoms. The Morgan fingerprint density at radius 2 is 1.25 bits per heavy atom. The summed E-state index contributed by atoms with van der Waals surface area (Å²) in [5.74, 6) is -3.39. The second-order valence-corrected chi connectivity index (χ2v) is 12.2. The van der Waals surface area contributed by atoms with E-state index in [1.54, 1.807) is 71.9 Å². The zero-order valence-corrected chi connectivity index (χ0v) is 26.3. The molecule has 242 valence electrons. The van der Waals surface area contributed by atoms with Gasteiger partial charge in [0.05, 0.1) is 43.8 Å². The molecule has 0 radical (unpaired) electrons. The van der Waals surface area contributed by atoms with Crippen molar-refractivity contribution in [2.24, 2.45) is 27.7 Å². The van der Waals surface area contributed by atoms with E-state index >= 15 is 0 Å². The lowest BCUT2D eigenvalue weighted by Crippen LogP contribution is -2.43. The minimum atomic E-state index is -0.919. The molecule has 1 saturated heterocycles. The second-order valence-electron chi connectivity index (χ2n) is 12.2. The molecule has 1 aromatic rings. The summed E-state index contributed by atoms with van der Waals surface area (Å²) in [5, 5.41) is 0. The summed E-state index contributed by atoms with van der Waals surface area (Å²) in [6.07, 6.45) is 2.17. The number of fused-ring (bicyclic) bond motifs is 2. The van der Waals surface area contributed by atoms with E-state index in [4.69, 9.17) is 33.4 Å². The molecule has 2 heterocycles. The van der Waals surface area contributed by atoms with Crippen molar-refractivity contribution in [1.29, 1.82) is 0 Å². The van der Waals surface area contributed by atoms with E-state index in [2.05, 4.69) is 16.0 Å². The van der Waals surface area contributed by atoms with Gasteiger partial charge in [-0.2, -0.15) is 11.0 Å². The quantitative estimate of drug-likeness (QED) is 0.0787. The van der Waals surface area contributed by atoms with Gasteiger partial charge < -0.3 is 33.4 Å². The van der Waals surface area contributed by atoms with Crippen molar-refractivity contribution in [2.45, 2.75) is 60.4 Å². The number of aliphatic imine (C=N–C) groups is 1. The number of methoxy groups -OCH3 is 2. The molecule has 0 aromatic heterocycles. The Morgan fingerprint density at radius 3 is 1.70 bits per heavy atom. The highest BCUT2D eigenvalue weighted by molar-refractivity contribution is 5.85. The lowest BCUT2D eigenvalue weighted by Gasteiger charge is -2.22. The van der Waals surface area contributed by atoms with E-state index in [-0.39, 0.29) is 25.7 Å². The van der Waals surface area contributed by atoms with Gasteiger partial charge in [0.25, 0.3) is 5.96 Å². The largest absolute Gasteiger partial charge is 0.497 e. The highest BCUT2D eigenvalue weighted by atomic mass is 16.7. The number of benzene rings is 1. The average Bonchev–Trinajstić information content (AvgIpc) is 3.59. The van der Waals surface area contributed by atoms with Crippen LogP contribution in [-0.4, -0.2) is 69.4 Å². The molecule has 4 atom stereocenters. The van der Waals surface area contributed by atoms with Crippen LogP contribution < -0.4 is 20.4 Å². The van der Waals surface area contributed by atoms with E-state index in [9.17, 15) is 19.2 Å². The van der Waals surface area contributed by atoms with Crippen LogP contribution in [0.5, 0.6) is 11.5 Å². The molecule has 2 N–H and O–H groups in total. The monoisotopic (exact) mass is 619 g/mol. The van der Waals surface area contributed by atoms with Crippen LogP contribution in [0.25, 0.3) is 0 Å². The first-order valence-corrected chi connectivity index (χ1v) is 14.0. The van der Waals surface area contributed by atoms with Gasteiger partial charge in [-0.3, -0.25) is 9.59 Å².